The first-order valence-corrected chi connectivity index (χ1v) is 6.50. The van der Waals surface area contributed by atoms with Crippen LogP contribution >= 0.6 is 0 Å². The largest absolute Gasteiger partial charge is 0.377 e. The number of piperazine rings is 1. The third kappa shape index (κ3) is 2.35. The van der Waals surface area contributed by atoms with E-state index >= 15 is 0 Å². The van der Waals surface area contributed by atoms with Crippen molar-refractivity contribution in [1.82, 2.24) is 10.2 Å². The van der Waals surface area contributed by atoms with Gasteiger partial charge in [-0.25, -0.2) is 0 Å². The van der Waals surface area contributed by atoms with E-state index in [4.69, 9.17) is 4.74 Å². The van der Waals surface area contributed by atoms with E-state index in [1.165, 1.54) is 45.3 Å². The molecule has 2 atom stereocenters. The van der Waals surface area contributed by atoms with E-state index in [1.54, 1.807) is 0 Å². The molecule has 86 valence electrons. The van der Waals surface area contributed by atoms with Crippen molar-refractivity contribution in [3.8, 4) is 0 Å². The summed E-state index contributed by atoms with van der Waals surface area (Å²) in [4.78, 5) is 2.68. The maximum atomic E-state index is 5.74. The molecule has 1 saturated carbocycles. The highest BCUT2D eigenvalue weighted by atomic mass is 16.5. The van der Waals surface area contributed by atoms with Gasteiger partial charge in [0.25, 0.3) is 0 Å². The molecule has 3 heteroatoms. The lowest BCUT2D eigenvalue weighted by molar-refractivity contribution is 0.0436. The molecule has 1 N–H and O–H groups in total. The molecule has 3 rings (SSSR count). The number of nitrogens with zero attached hydrogens (tertiary/aromatic N) is 1. The molecule has 0 bridgehead atoms. The van der Waals surface area contributed by atoms with Crippen molar-refractivity contribution in [3.05, 3.63) is 0 Å². The van der Waals surface area contributed by atoms with Crippen LogP contribution in [0.25, 0.3) is 0 Å². The minimum atomic E-state index is 0.532. The van der Waals surface area contributed by atoms with Crippen LogP contribution < -0.4 is 5.32 Å². The molecule has 3 aliphatic rings. The van der Waals surface area contributed by atoms with Gasteiger partial charge in [-0.2, -0.15) is 0 Å². The van der Waals surface area contributed by atoms with Gasteiger partial charge in [-0.1, -0.05) is 0 Å². The number of nitrogens with one attached hydrogen (secondary N) is 1. The van der Waals surface area contributed by atoms with E-state index in [1.807, 2.05) is 0 Å². The summed E-state index contributed by atoms with van der Waals surface area (Å²) in [6.07, 6.45) is 5.99. The Hall–Kier alpha value is -0.120. The average Bonchev–Trinajstić information content (AvgIpc) is 2.99. The predicted octanol–water partition coefficient (Wildman–Crippen LogP) is 0.849. The summed E-state index contributed by atoms with van der Waals surface area (Å²) in [6.45, 7) is 5.77. The molecule has 0 aromatic rings. The van der Waals surface area contributed by atoms with Crippen molar-refractivity contribution in [2.75, 3.05) is 32.8 Å². The molecule has 15 heavy (non-hydrogen) atoms. The zero-order valence-electron chi connectivity index (χ0n) is 9.45. The van der Waals surface area contributed by atoms with Crippen molar-refractivity contribution in [2.45, 2.75) is 37.8 Å². The lowest BCUT2D eigenvalue weighted by Gasteiger charge is -2.37. The van der Waals surface area contributed by atoms with E-state index in [-0.39, 0.29) is 0 Å². The van der Waals surface area contributed by atoms with Crippen LogP contribution in [0.1, 0.15) is 25.7 Å². The summed E-state index contributed by atoms with van der Waals surface area (Å²) in [6, 6.07) is 0.808. The standard InChI is InChI=1S/C12H22N2O/c1-2-11(15-7-1)9-14-6-5-13-8-12(14)10-3-4-10/h10-13H,1-9H2. The van der Waals surface area contributed by atoms with E-state index in [0.717, 1.165) is 25.1 Å². The van der Waals surface area contributed by atoms with Crippen molar-refractivity contribution in [1.29, 1.82) is 0 Å². The molecule has 2 saturated heterocycles. The Morgan fingerprint density at radius 2 is 2.20 bits per heavy atom. The zero-order chi connectivity index (χ0) is 10.1. The number of rotatable bonds is 3. The molecular formula is C12H22N2O. The molecule has 3 nitrogen and oxygen atoms in total. The fraction of sp³-hybridized carbons (Fsp3) is 1.00. The van der Waals surface area contributed by atoms with Gasteiger partial charge < -0.3 is 10.1 Å². The van der Waals surface area contributed by atoms with Crippen molar-refractivity contribution < 1.29 is 4.74 Å². The fourth-order valence-corrected chi connectivity index (χ4v) is 2.99. The van der Waals surface area contributed by atoms with Gasteiger partial charge in [0.05, 0.1) is 6.10 Å². The van der Waals surface area contributed by atoms with Gasteiger partial charge in [-0.15, -0.1) is 0 Å². The third-order valence-electron chi connectivity index (χ3n) is 4.03. The topological polar surface area (TPSA) is 24.5 Å². The van der Waals surface area contributed by atoms with Gasteiger partial charge in [-0.3, -0.25) is 4.90 Å². The Balaban J connectivity index is 1.56. The summed E-state index contributed by atoms with van der Waals surface area (Å²) in [5, 5.41) is 3.53. The first kappa shape index (κ1) is 10.1. The predicted molar refractivity (Wildman–Crippen MR) is 59.9 cm³/mol. The molecule has 0 spiro atoms. The maximum absolute atomic E-state index is 5.74. The number of hydrogen-bond acceptors (Lipinski definition) is 3. The Morgan fingerprint density at radius 3 is 2.93 bits per heavy atom. The van der Waals surface area contributed by atoms with Crippen molar-refractivity contribution in [3.63, 3.8) is 0 Å². The van der Waals surface area contributed by atoms with Crippen molar-refractivity contribution >= 4 is 0 Å². The molecule has 0 radical (unpaired) electrons. The normalized spacial score (nSPS) is 38.4. The molecule has 2 heterocycles. The number of ether oxygens (including phenoxy) is 1. The Morgan fingerprint density at radius 1 is 1.27 bits per heavy atom. The highest BCUT2D eigenvalue weighted by Crippen LogP contribution is 2.36. The van der Waals surface area contributed by atoms with E-state index < -0.39 is 0 Å². The van der Waals surface area contributed by atoms with E-state index in [2.05, 4.69) is 10.2 Å². The second-order valence-corrected chi connectivity index (χ2v) is 5.24. The van der Waals surface area contributed by atoms with E-state index in [9.17, 15) is 0 Å². The summed E-state index contributed by atoms with van der Waals surface area (Å²) < 4.78 is 5.74. The zero-order valence-corrected chi connectivity index (χ0v) is 9.45. The number of hydrogen-bond donors (Lipinski definition) is 1. The highest BCUT2D eigenvalue weighted by Gasteiger charge is 2.37. The molecule has 3 fully saturated rings. The Kier molecular flexibility index (Phi) is 2.95. The van der Waals surface area contributed by atoms with Crippen molar-refractivity contribution in [2.24, 2.45) is 5.92 Å². The average molecular weight is 210 g/mol. The molecule has 0 aromatic heterocycles. The molecule has 1 aliphatic carbocycles. The van der Waals surface area contributed by atoms with Crippen LogP contribution in [0.3, 0.4) is 0 Å². The van der Waals surface area contributed by atoms with Crippen LogP contribution in [0.2, 0.25) is 0 Å². The minimum Gasteiger partial charge on any atom is -0.377 e. The van der Waals surface area contributed by atoms with Crippen LogP contribution in [0.15, 0.2) is 0 Å². The lowest BCUT2D eigenvalue weighted by Crippen LogP contribution is -2.54. The summed E-state index contributed by atoms with van der Waals surface area (Å²) in [5.74, 6) is 0.985. The first-order valence-electron chi connectivity index (χ1n) is 6.50. The summed E-state index contributed by atoms with van der Waals surface area (Å²) >= 11 is 0. The summed E-state index contributed by atoms with van der Waals surface area (Å²) in [7, 11) is 0. The Bertz CT molecular complexity index is 212. The molecule has 2 aliphatic heterocycles. The second kappa shape index (κ2) is 4.40. The van der Waals surface area contributed by atoms with Gasteiger partial charge in [0.2, 0.25) is 0 Å². The first-order chi connectivity index (χ1) is 7.43. The second-order valence-electron chi connectivity index (χ2n) is 5.24. The fourth-order valence-electron chi connectivity index (χ4n) is 2.99. The van der Waals surface area contributed by atoms with E-state index in [0.29, 0.717) is 6.10 Å². The smallest absolute Gasteiger partial charge is 0.0702 e. The Labute approximate surface area is 92.2 Å². The SMILES string of the molecule is C1COC(CN2CCNCC2C2CC2)C1. The van der Waals surface area contributed by atoms with Crippen LogP contribution in [0.5, 0.6) is 0 Å². The molecular weight excluding hydrogens is 188 g/mol. The third-order valence-corrected chi connectivity index (χ3v) is 4.03. The maximum Gasteiger partial charge on any atom is 0.0702 e. The molecule has 0 aromatic carbocycles. The van der Waals surface area contributed by atoms with Crippen LogP contribution in [0.4, 0.5) is 0 Å². The molecule has 0 amide bonds. The highest BCUT2D eigenvalue weighted by molar-refractivity contribution is 4.93. The lowest BCUT2D eigenvalue weighted by atomic mass is 10.1. The van der Waals surface area contributed by atoms with Gasteiger partial charge in [-0.05, 0) is 31.6 Å². The van der Waals surface area contributed by atoms with Crippen LogP contribution in [0, 0.1) is 5.92 Å². The molecule has 2 unspecified atom stereocenters. The quantitative estimate of drug-likeness (QED) is 0.747. The van der Waals surface area contributed by atoms with Gasteiger partial charge in [0, 0.05) is 38.8 Å². The minimum absolute atomic E-state index is 0.532. The van der Waals surface area contributed by atoms with Gasteiger partial charge in [0.1, 0.15) is 0 Å². The van der Waals surface area contributed by atoms with Crippen LogP contribution in [-0.2, 0) is 4.74 Å². The van der Waals surface area contributed by atoms with Gasteiger partial charge >= 0.3 is 0 Å². The monoisotopic (exact) mass is 210 g/mol. The van der Waals surface area contributed by atoms with Gasteiger partial charge in [0.15, 0.2) is 0 Å². The summed E-state index contributed by atoms with van der Waals surface area (Å²) in [5.41, 5.74) is 0. The van der Waals surface area contributed by atoms with Crippen LogP contribution in [-0.4, -0.2) is 49.8 Å².